The van der Waals surface area contributed by atoms with Crippen molar-refractivity contribution in [2.45, 2.75) is 65.0 Å². The minimum Gasteiger partial charge on any atom is -0.463 e. The highest BCUT2D eigenvalue weighted by Crippen LogP contribution is 2.35. The predicted octanol–water partition coefficient (Wildman–Crippen LogP) is 2.65. The quantitative estimate of drug-likeness (QED) is 0.367. The molecule has 0 amide bonds. The predicted molar refractivity (Wildman–Crippen MR) is 125 cm³/mol. The monoisotopic (exact) mass is 465 g/mol. The van der Waals surface area contributed by atoms with Gasteiger partial charge in [0.25, 0.3) is 5.56 Å². The molecule has 0 unspecified atom stereocenters. The first-order chi connectivity index (χ1) is 15.4. The number of carbonyl (C=O) groups is 1. The van der Waals surface area contributed by atoms with Crippen LogP contribution >= 0.6 is 11.3 Å². The normalized spacial score (nSPS) is 17.0. The third-order valence-electron chi connectivity index (χ3n) is 5.77. The van der Waals surface area contributed by atoms with Crippen LogP contribution in [-0.2, 0) is 33.7 Å². The summed E-state index contributed by atoms with van der Waals surface area (Å²) in [5, 5.41) is 11.1. The molecule has 1 aliphatic rings. The van der Waals surface area contributed by atoms with Crippen LogP contribution in [0.5, 0.6) is 0 Å². The summed E-state index contributed by atoms with van der Waals surface area (Å²) in [6.07, 6.45) is 4.07. The summed E-state index contributed by atoms with van der Waals surface area (Å²) in [7, 11) is 1.65. The van der Waals surface area contributed by atoms with Gasteiger partial charge in [-0.25, -0.2) is 4.98 Å². The average molecular weight is 466 g/mol. The molecular weight excluding hydrogens is 430 g/mol. The molecule has 2 aromatic heterocycles. The van der Waals surface area contributed by atoms with Crippen molar-refractivity contribution in [2.24, 2.45) is 5.92 Å². The smallest absolute Gasteiger partial charge is 0.305 e. The number of aromatic amines is 1. The summed E-state index contributed by atoms with van der Waals surface area (Å²) in [5.74, 6) is 0.921. The van der Waals surface area contributed by atoms with Crippen molar-refractivity contribution < 1.29 is 19.4 Å². The maximum absolute atomic E-state index is 12.9. The SMILES string of the molecule is CCCC(=O)OC[C@H](O)CN(CCCOC)Cc1nc2sc3c(c2c(=O)[nH]1)CC[C@@H](C)C3. The number of thiophene rings is 1. The van der Waals surface area contributed by atoms with E-state index in [-0.39, 0.29) is 18.1 Å². The summed E-state index contributed by atoms with van der Waals surface area (Å²) in [5.41, 5.74) is 1.09. The zero-order valence-electron chi connectivity index (χ0n) is 19.3. The van der Waals surface area contributed by atoms with Crippen molar-refractivity contribution in [1.29, 1.82) is 0 Å². The lowest BCUT2D eigenvalue weighted by molar-refractivity contribution is -0.147. The van der Waals surface area contributed by atoms with Gasteiger partial charge < -0.3 is 19.6 Å². The first-order valence-electron chi connectivity index (χ1n) is 11.5. The van der Waals surface area contributed by atoms with E-state index in [0.717, 1.165) is 35.9 Å². The summed E-state index contributed by atoms with van der Waals surface area (Å²) in [6, 6.07) is 0. The summed E-state index contributed by atoms with van der Waals surface area (Å²) in [6.45, 7) is 6.07. The van der Waals surface area contributed by atoms with Crippen LogP contribution in [0.4, 0.5) is 0 Å². The molecule has 1 aliphatic carbocycles. The van der Waals surface area contributed by atoms with Crippen LogP contribution in [0.25, 0.3) is 10.2 Å². The van der Waals surface area contributed by atoms with Gasteiger partial charge in [0.15, 0.2) is 0 Å². The number of aryl methyl sites for hydroxylation is 1. The fraction of sp³-hybridized carbons (Fsp3) is 0.696. The number of nitrogens with one attached hydrogen (secondary N) is 1. The molecule has 0 bridgehead atoms. The van der Waals surface area contributed by atoms with Crippen LogP contribution in [0.15, 0.2) is 4.79 Å². The van der Waals surface area contributed by atoms with Gasteiger partial charge in [0, 0.05) is 38.1 Å². The maximum atomic E-state index is 12.9. The zero-order chi connectivity index (χ0) is 23.1. The second kappa shape index (κ2) is 11.9. The molecule has 0 fully saturated rings. The van der Waals surface area contributed by atoms with Crippen LogP contribution in [0.1, 0.15) is 55.8 Å². The van der Waals surface area contributed by atoms with E-state index in [4.69, 9.17) is 14.5 Å². The summed E-state index contributed by atoms with van der Waals surface area (Å²) < 4.78 is 10.3. The fourth-order valence-corrected chi connectivity index (χ4v) is 5.57. The van der Waals surface area contributed by atoms with Gasteiger partial charge in [0.1, 0.15) is 23.4 Å². The van der Waals surface area contributed by atoms with Crippen LogP contribution in [-0.4, -0.2) is 65.5 Å². The van der Waals surface area contributed by atoms with E-state index < -0.39 is 6.10 Å². The van der Waals surface area contributed by atoms with Crippen molar-refractivity contribution >= 4 is 27.5 Å². The number of nitrogens with zero attached hydrogens (tertiary/aromatic N) is 2. The Morgan fingerprint density at radius 1 is 1.44 bits per heavy atom. The van der Waals surface area contributed by atoms with Gasteiger partial charge in [-0.3, -0.25) is 14.5 Å². The topological polar surface area (TPSA) is 105 Å². The number of rotatable bonds is 12. The van der Waals surface area contributed by atoms with Crippen molar-refractivity contribution in [3.63, 3.8) is 0 Å². The molecular formula is C23H35N3O5S. The Bertz CT molecular complexity index is 957. The number of carbonyl (C=O) groups excluding carboxylic acids is 1. The van der Waals surface area contributed by atoms with Gasteiger partial charge in [-0.05, 0) is 43.6 Å². The number of methoxy groups -OCH3 is 1. The molecule has 0 aliphatic heterocycles. The van der Waals surface area contributed by atoms with Crippen molar-refractivity contribution in [3.8, 4) is 0 Å². The zero-order valence-corrected chi connectivity index (χ0v) is 20.1. The fourth-order valence-electron chi connectivity index (χ4n) is 4.16. The Kier molecular flexibility index (Phi) is 9.22. The van der Waals surface area contributed by atoms with Crippen LogP contribution in [0, 0.1) is 5.92 Å². The third kappa shape index (κ3) is 6.60. The molecule has 0 aromatic carbocycles. The number of hydrogen-bond donors (Lipinski definition) is 2. The molecule has 9 heteroatoms. The molecule has 3 rings (SSSR count). The maximum Gasteiger partial charge on any atom is 0.305 e. The van der Waals surface area contributed by atoms with E-state index in [9.17, 15) is 14.7 Å². The van der Waals surface area contributed by atoms with E-state index in [0.29, 0.717) is 50.8 Å². The molecule has 2 heterocycles. The molecule has 2 atom stereocenters. The number of hydrogen-bond acceptors (Lipinski definition) is 8. The molecule has 2 aromatic rings. The lowest BCUT2D eigenvalue weighted by Gasteiger charge is -2.24. The number of aliphatic hydroxyl groups is 1. The summed E-state index contributed by atoms with van der Waals surface area (Å²) >= 11 is 1.63. The highest BCUT2D eigenvalue weighted by atomic mass is 32.1. The molecule has 0 saturated carbocycles. The first kappa shape index (κ1) is 24.8. The Morgan fingerprint density at radius 2 is 2.25 bits per heavy atom. The largest absolute Gasteiger partial charge is 0.463 e. The van der Waals surface area contributed by atoms with E-state index in [2.05, 4.69) is 11.9 Å². The Labute approximate surface area is 192 Å². The minimum atomic E-state index is -0.815. The number of aromatic nitrogens is 2. The minimum absolute atomic E-state index is 0.0432. The molecule has 0 spiro atoms. The van der Waals surface area contributed by atoms with Crippen LogP contribution in [0.3, 0.4) is 0 Å². The van der Waals surface area contributed by atoms with Gasteiger partial charge >= 0.3 is 5.97 Å². The first-order valence-corrected chi connectivity index (χ1v) is 12.3. The van der Waals surface area contributed by atoms with Gasteiger partial charge in [-0.2, -0.15) is 0 Å². The van der Waals surface area contributed by atoms with E-state index in [1.165, 1.54) is 10.4 Å². The second-order valence-corrected chi connectivity index (χ2v) is 9.80. The van der Waals surface area contributed by atoms with Crippen LogP contribution < -0.4 is 5.56 Å². The number of H-pyrrole nitrogens is 1. The van der Waals surface area contributed by atoms with Gasteiger partial charge in [-0.1, -0.05) is 13.8 Å². The van der Waals surface area contributed by atoms with Gasteiger partial charge in [0.2, 0.25) is 0 Å². The number of fused-ring (bicyclic) bond motifs is 3. The lowest BCUT2D eigenvalue weighted by atomic mass is 9.89. The lowest BCUT2D eigenvalue weighted by Crippen LogP contribution is -2.37. The Balaban J connectivity index is 1.71. The highest BCUT2D eigenvalue weighted by Gasteiger charge is 2.23. The van der Waals surface area contributed by atoms with Gasteiger partial charge in [0.05, 0.1) is 11.9 Å². The van der Waals surface area contributed by atoms with E-state index in [1.54, 1.807) is 18.4 Å². The molecule has 0 saturated heterocycles. The van der Waals surface area contributed by atoms with Crippen molar-refractivity contribution in [1.82, 2.24) is 14.9 Å². The van der Waals surface area contributed by atoms with E-state index in [1.807, 2.05) is 11.8 Å². The molecule has 8 nitrogen and oxygen atoms in total. The van der Waals surface area contributed by atoms with Crippen LogP contribution in [0.2, 0.25) is 0 Å². The van der Waals surface area contributed by atoms with E-state index >= 15 is 0 Å². The number of aliphatic hydroxyl groups excluding tert-OH is 1. The molecule has 178 valence electrons. The van der Waals surface area contributed by atoms with Crippen molar-refractivity contribution in [3.05, 3.63) is 26.6 Å². The number of ether oxygens (including phenoxy) is 2. The Hall–Kier alpha value is -1.81. The molecule has 32 heavy (non-hydrogen) atoms. The molecule has 0 radical (unpaired) electrons. The standard InChI is InChI=1S/C23H35N3O5S/c1-4-6-20(28)31-14-16(27)12-26(9-5-10-30-3)13-19-24-22(29)21-17-8-7-15(2)11-18(17)32-23(21)25-19/h15-16,27H,4-14H2,1-3H3,(H,24,25,29)/t15-,16-/m1/s1. The molecule has 2 N–H and O–H groups in total. The highest BCUT2D eigenvalue weighted by molar-refractivity contribution is 7.18. The number of esters is 1. The second-order valence-electron chi connectivity index (χ2n) is 8.71. The Morgan fingerprint density at radius 3 is 3.00 bits per heavy atom. The summed E-state index contributed by atoms with van der Waals surface area (Å²) in [4.78, 5) is 36.3. The third-order valence-corrected chi connectivity index (χ3v) is 6.92. The van der Waals surface area contributed by atoms with Gasteiger partial charge in [-0.15, -0.1) is 11.3 Å². The van der Waals surface area contributed by atoms with Crippen molar-refractivity contribution in [2.75, 3.05) is 33.4 Å². The average Bonchev–Trinajstić information content (AvgIpc) is 3.10.